The van der Waals surface area contributed by atoms with Crippen molar-refractivity contribution < 1.29 is 14.7 Å². The molecular weight excluding hydrogens is 262 g/mol. The third kappa shape index (κ3) is 3.15. The first-order chi connectivity index (χ1) is 9.13. The van der Waals surface area contributed by atoms with Crippen LogP contribution in [0, 0.1) is 11.8 Å². The van der Waals surface area contributed by atoms with Crippen molar-refractivity contribution in [3.63, 3.8) is 0 Å². The van der Waals surface area contributed by atoms with Crippen LogP contribution in [0.2, 0.25) is 0 Å². The minimum Gasteiger partial charge on any atom is -0.481 e. The van der Waals surface area contributed by atoms with Crippen LogP contribution in [0.5, 0.6) is 0 Å². The van der Waals surface area contributed by atoms with Gasteiger partial charge in [-0.05, 0) is 42.2 Å². The third-order valence-electron chi connectivity index (χ3n) is 3.83. The molecule has 1 aliphatic rings. The Balaban J connectivity index is 1.92. The standard InChI is InChI=1S/C14H19NO3S/c1-2-9-6-7-19-12(9)13(16)15-8-10-4-3-5-11(10)14(17)18/h6-7,10-11H,2-5,8H2,1H3,(H,15,16)(H,17,18). The summed E-state index contributed by atoms with van der Waals surface area (Å²) in [6, 6.07) is 1.97. The molecule has 0 spiro atoms. The molecule has 2 rings (SSSR count). The summed E-state index contributed by atoms with van der Waals surface area (Å²) < 4.78 is 0. The molecule has 1 amide bonds. The van der Waals surface area contributed by atoms with Gasteiger partial charge in [-0.2, -0.15) is 0 Å². The highest BCUT2D eigenvalue weighted by Crippen LogP contribution is 2.31. The highest BCUT2D eigenvalue weighted by molar-refractivity contribution is 7.12. The van der Waals surface area contributed by atoms with Gasteiger partial charge in [0.1, 0.15) is 0 Å². The summed E-state index contributed by atoms with van der Waals surface area (Å²) in [6.45, 7) is 2.49. The van der Waals surface area contributed by atoms with Gasteiger partial charge in [0.2, 0.25) is 0 Å². The summed E-state index contributed by atoms with van der Waals surface area (Å²) in [6.07, 6.45) is 3.40. The van der Waals surface area contributed by atoms with Gasteiger partial charge in [0.15, 0.2) is 0 Å². The maximum Gasteiger partial charge on any atom is 0.306 e. The molecular formula is C14H19NO3S. The van der Waals surface area contributed by atoms with E-state index in [0.29, 0.717) is 6.54 Å². The molecule has 2 N–H and O–H groups in total. The number of thiophene rings is 1. The van der Waals surface area contributed by atoms with Crippen molar-refractivity contribution in [3.8, 4) is 0 Å². The maximum atomic E-state index is 12.1. The summed E-state index contributed by atoms with van der Waals surface area (Å²) in [5, 5.41) is 13.9. The Morgan fingerprint density at radius 2 is 2.26 bits per heavy atom. The number of carbonyl (C=O) groups is 2. The summed E-state index contributed by atoms with van der Waals surface area (Å²) in [5.41, 5.74) is 1.06. The number of amides is 1. The molecule has 0 radical (unpaired) electrons. The highest BCUT2D eigenvalue weighted by atomic mass is 32.1. The average molecular weight is 281 g/mol. The lowest BCUT2D eigenvalue weighted by Crippen LogP contribution is -2.33. The van der Waals surface area contributed by atoms with Gasteiger partial charge < -0.3 is 10.4 Å². The van der Waals surface area contributed by atoms with Crippen LogP contribution < -0.4 is 5.32 Å². The molecule has 0 aliphatic heterocycles. The molecule has 1 aromatic rings. The van der Waals surface area contributed by atoms with E-state index in [-0.39, 0.29) is 17.7 Å². The zero-order chi connectivity index (χ0) is 13.8. The monoisotopic (exact) mass is 281 g/mol. The van der Waals surface area contributed by atoms with Crippen molar-refractivity contribution in [3.05, 3.63) is 21.9 Å². The molecule has 0 aromatic carbocycles. The van der Waals surface area contributed by atoms with Crippen LogP contribution in [0.25, 0.3) is 0 Å². The molecule has 2 atom stereocenters. The minimum absolute atomic E-state index is 0.0668. The molecule has 1 heterocycles. The van der Waals surface area contributed by atoms with Crippen LogP contribution in [0.3, 0.4) is 0 Å². The Bertz CT molecular complexity index is 469. The molecule has 19 heavy (non-hydrogen) atoms. The Morgan fingerprint density at radius 1 is 1.47 bits per heavy atom. The van der Waals surface area contributed by atoms with E-state index in [1.54, 1.807) is 0 Å². The Morgan fingerprint density at radius 3 is 2.95 bits per heavy atom. The number of nitrogens with one attached hydrogen (secondary N) is 1. The Labute approximate surface area is 116 Å². The highest BCUT2D eigenvalue weighted by Gasteiger charge is 2.33. The summed E-state index contributed by atoms with van der Waals surface area (Å²) in [4.78, 5) is 23.9. The fourth-order valence-electron chi connectivity index (χ4n) is 2.72. The number of rotatable bonds is 5. The Hall–Kier alpha value is -1.36. The lowest BCUT2D eigenvalue weighted by atomic mass is 9.96. The van der Waals surface area contributed by atoms with Gasteiger partial charge in [0.25, 0.3) is 5.91 Å². The third-order valence-corrected chi connectivity index (χ3v) is 4.79. The molecule has 1 aliphatic carbocycles. The smallest absolute Gasteiger partial charge is 0.306 e. The molecule has 104 valence electrons. The SMILES string of the molecule is CCc1ccsc1C(=O)NCC1CCCC1C(=O)O. The van der Waals surface area contributed by atoms with E-state index in [1.165, 1.54) is 11.3 Å². The summed E-state index contributed by atoms with van der Waals surface area (Å²) in [7, 11) is 0. The van der Waals surface area contributed by atoms with Crippen molar-refractivity contribution in [1.82, 2.24) is 5.32 Å². The normalized spacial score (nSPS) is 22.4. The van der Waals surface area contributed by atoms with E-state index in [4.69, 9.17) is 5.11 Å². The number of carbonyl (C=O) groups excluding carboxylic acids is 1. The fourth-order valence-corrected chi connectivity index (χ4v) is 3.64. The zero-order valence-corrected chi connectivity index (χ0v) is 11.8. The molecule has 2 unspecified atom stereocenters. The molecule has 1 aromatic heterocycles. The number of carboxylic acid groups (broad SMARTS) is 1. The fraction of sp³-hybridized carbons (Fsp3) is 0.571. The van der Waals surface area contributed by atoms with E-state index < -0.39 is 5.97 Å². The van der Waals surface area contributed by atoms with Crippen LogP contribution in [0.15, 0.2) is 11.4 Å². The first-order valence-corrected chi connectivity index (χ1v) is 7.58. The number of hydrogen-bond acceptors (Lipinski definition) is 3. The second-order valence-electron chi connectivity index (χ2n) is 4.97. The molecule has 0 saturated heterocycles. The number of carboxylic acids is 1. The van der Waals surface area contributed by atoms with E-state index in [1.807, 2.05) is 18.4 Å². The van der Waals surface area contributed by atoms with Gasteiger partial charge in [0, 0.05) is 6.54 Å². The Kier molecular flexibility index (Phi) is 4.58. The molecule has 5 heteroatoms. The van der Waals surface area contributed by atoms with Crippen LogP contribution >= 0.6 is 11.3 Å². The van der Waals surface area contributed by atoms with Crippen LogP contribution in [-0.2, 0) is 11.2 Å². The number of aryl methyl sites for hydroxylation is 1. The quantitative estimate of drug-likeness (QED) is 0.871. The molecule has 0 bridgehead atoms. The molecule has 1 fully saturated rings. The summed E-state index contributed by atoms with van der Waals surface area (Å²) >= 11 is 1.44. The maximum absolute atomic E-state index is 12.1. The first-order valence-electron chi connectivity index (χ1n) is 6.70. The van der Waals surface area contributed by atoms with Crippen molar-refractivity contribution in [2.45, 2.75) is 32.6 Å². The molecule has 4 nitrogen and oxygen atoms in total. The van der Waals surface area contributed by atoms with Gasteiger partial charge in [0.05, 0.1) is 10.8 Å². The van der Waals surface area contributed by atoms with Crippen molar-refractivity contribution in [2.75, 3.05) is 6.54 Å². The van der Waals surface area contributed by atoms with Gasteiger partial charge in [-0.15, -0.1) is 11.3 Å². The zero-order valence-electron chi connectivity index (χ0n) is 11.0. The van der Waals surface area contributed by atoms with Gasteiger partial charge >= 0.3 is 5.97 Å². The van der Waals surface area contributed by atoms with Crippen LogP contribution in [-0.4, -0.2) is 23.5 Å². The molecule has 1 saturated carbocycles. The first kappa shape index (κ1) is 14.1. The summed E-state index contributed by atoms with van der Waals surface area (Å²) in [5.74, 6) is -1.02. The topological polar surface area (TPSA) is 66.4 Å². The second-order valence-corrected chi connectivity index (χ2v) is 5.89. The number of aliphatic carboxylic acids is 1. The second kappa shape index (κ2) is 6.19. The van der Waals surface area contributed by atoms with Gasteiger partial charge in [-0.1, -0.05) is 13.3 Å². The van der Waals surface area contributed by atoms with Crippen molar-refractivity contribution in [1.29, 1.82) is 0 Å². The van der Waals surface area contributed by atoms with Crippen LogP contribution in [0.1, 0.15) is 41.4 Å². The van der Waals surface area contributed by atoms with Gasteiger partial charge in [-0.3, -0.25) is 9.59 Å². The van der Waals surface area contributed by atoms with E-state index in [0.717, 1.165) is 36.1 Å². The van der Waals surface area contributed by atoms with E-state index >= 15 is 0 Å². The largest absolute Gasteiger partial charge is 0.481 e. The average Bonchev–Trinajstić information content (AvgIpc) is 3.04. The van der Waals surface area contributed by atoms with Crippen molar-refractivity contribution >= 4 is 23.2 Å². The van der Waals surface area contributed by atoms with E-state index in [9.17, 15) is 9.59 Å². The predicted molar refractivity (Wildman–Crippen MR) is 74.5 cm³/mol. The van der Waals surface area contributed by atoms with E-state index in [2.05, 4.69) is 5.32 Å². The van der Waals surface area contributed by atoms with Gasteiger partial charge in [-0.25, -0.2) is 0 Å². The van der Waals surface area contributed by atoms with Crippen molar-refractivity contribution in [2.24, 2.45) is 11.8 Å². The lowest BCUT2D eigenvalue weighted by Gasteiger charge is -2.16. The lowest BCUT2D eigenvalue weighted by molar-refractivity contribution is -0.142. The predicted octanol–water partition coefficient (Wildman–Crippen LogP) is 2.54. The van der Waals surface area contributed by atoms with Crippen LogP contribution in [0.4, 0.5) is 0 Å². The minimum atomic E-state index is -0.734. The number of hydrogen-bond donors (Lipinski definition) is 2.